The topological polar surface area (TPSA) is 28.7 Å². The van der Waals surface area contributed by atoms with Crippen LogP contribution in [0.2, 0.25) is 10.0 Å². The summed E-state index contributed by atoms with van der Waals surface area (Å²) < 4.78 is 0. The Bertz CT molecular complexity index is 586. The SMILES string of the molecule is C[C](C)c1nc(C(C)C)c(Sc2cc(Cl)cc(Cl)c2)[nH]1. The van der Waals surface area contributed by atoms with E-state index in [1.165, 1.54) is 5.92 Å². The number of rotatable bonds is 4. The van der Waals surface area contributed by atoms with Crippen molar-refractivity contribution in [3.8, 4) is 0 Å². The number of nitrogens with zero attached hydrogens (tertiary/aromatic N) is 1. The van der Waals surface area contributed by atoms with Crippen molar-refractivity contribution < 1.29 is 0 Å². The van der Waals surface area contributed by atoms with Crippen molar-refractivity contribution in [2.75, 3.05) is 0 Å². The van der Waals surface area contributed by atoms with Gasteiger partial charge in [0.15, 0.2) is 0 Å². The van der Waals surface area contributed by atoms with E-state index in [2.05, 4.69) is 23.8 Å². The zero-order valence-corrected chi connectivity index (χ0v) is 14.2. The quantitative estimate of drug-likeness (QED) is 0.751. The van der Waals surface area contributed by atoms with Gasteiger partial charge in [0.05, 0.1) is 5.69 Å². The van der Waals surface area contributed by atoms with Crippen molar-refractivity contribution in [2.24, 2.45) is 0 Å². The maximum Gasteiger partial charge on any atom is 0.113 e. The highest BCUT2D eigenvalue weighted by Gasteiger charge is 2.16. The summed E-state index contributed by atoms with van der Waals surface area (Å²) in [6, 6.07) is 5.55. The Hall–Kier alpha value is -0.640. The molecular weight excluding hydrogens is 311 g/mol. The van der Waals surface area contributed by atoms with Crippen LogP contribution in [0.1, 0.15) is 45.1 Å². The second-order valence-corrected chi connectivity index (χ2v) is 7.12. The number of hydrogen-bond donors (Lipinski definition) is 1. The van der Waals surface area contributed by atoms with Gasteiger partial charge >= 0.3 is 0 Å². The van der Waals surface area contributed by atoms with Crippen LogP contribution in [0.3, 0.4) is 0 Å². The normalized spacial score (nSPS) is 11.6. The van der Waals surface area contributed by atoms with Gasteiger partial charge in [-0.05, 0) is 24.1 Å². The van der Waals surface area contributed by atoms with Crippen molar-refractivity contribution in [3.63, 3.8) is 0 Å². The predicted molar refractivity (Wildman–Crippen MR) is 87.0 cm³/mol. The van der Waals surface area contributed by atoms with Crippen LogP contribution in [0.5, 0.6) is 0 Å². The number of aromatic nitrogens is 2. The van der Waals surface area contributed by atoms with Gasteiger partial charge in [0, 0.05) is 20.9 Å². The molecule has 0 atom stereocenters. The first-order valence-corrected chi connectivity index (χ1v) is 7.98. The van der Waals surface area contributed by atoms with E-state index in [-0.39, 0.29) is 0 Å². The molecule has 107 valence electrons. The maximum absolute atomic E-state index is 6.05. The van der Waals surface area contributed by atoms with Crippen LogP contribution in [0, 0.1) is 5.92 Å². The Kier molecular flexibility index (Phi) is 5.05. The first-order chi connectivity index (χ1) is 9.36. The van der Waals surface area contributed by atoms with E-state index < -0.39 is 0 Å². The smallest absolute Gasteiger partial charge is 0.113 e. The Labute approximate surface area is 134 Å². The van der Waals surface area contributed by atoms with Crippen LogP contribution in [0.4, 0.5) is 0 Å². The molecular formula is C15H17Cl2N2S. The molecule has 0 amide bonds. The second kappa shape index (κ2) is 6.42. The summed E-state index contributed by atoms with van der Waals surface area (Å²) in [5.74, 6) is 2.46. The molecule has 0 saturated carbocycles. The fraction of sp³-hybridized carbons (Fsp3) is 0.333. The molecule has 1 radical (unpaired) electrons. The lowest BCUT2D eigenvalue weighted by Crippen LogP contribution is -1.92. The van der Waals surface area contributed by atoms with Gasteiger partial charge in [-0.2, -0.15) is 0 Å². The molecule has 0 spiro atoms. The average molecular weight is 328 g/mol. The lowest BCUT2D eigenvalue weighted by Gasteiger charge is -2.06. The summed E-state index contributed by atoms with van der Waals surface area (Å²) in [7, 11) is 0. The van der Waals surface area contributed by atoms with Crippen LogP contribution in [-0.2, 0) is 0 Å². The number of hydrogen-bond acceptors (Lipinski definition) is 2. The summed E-state index contributed by atoms with van der Waals surface area (Å²) in [5.41, 5.74) is 1.07. The lowest BCUT2D eigenvalue weighted by atomic mass is 10.1. The minimum absolute atomic E-state index is 0.358. The van der Waals surface area contributed by atoms with Gasteiger partial charge in [-0.1, -0.05) is 62.7 Å². The molecule has 2 aromatic rings. The highest BCUT2D eigenvalue weighted by Crippen LogP contribution is 2.35. The zero-order chi connectivity index (χ0) is 14.9. The molecule has 0 unspecified atom stereocenters. The average Bonchev–Trinajstić information content (AvgIpc) is 2.71. The second-order valence-electron chi connectivity index (χ2n) is 5.16. The molecule has 5 heteroatoms. The van der Waals surface area contributed by atoms with E-state index in [0.717, 1.165) is 21.4 Å². The molecule has 0 fully saturated rings. The van der Waals surface area contributed by atoms with Gasteiger partial charge in [0.2, 0.25) is 0 Å². The molecule has 1 aromatic carbocycles. The number of nitrogens with one attached hydrogen (secondary N) is 1. The minimum Gasteiger partial charge on any atom is -0.336 e. The van der Waals surface area contributed by atoms with Crippen molar-refractivity contribution >= 4 is 35.0 Å². The van der Waals surface area contributed by atoms with Crippen molar-refractivity contribution in [3.05, 3.63) is 45.7 Å². The lowest BCUT2D eigenvalue weighted by molar-refractivity contribution is 0.803. The van der Waals surface area contributed by atoms with E-state index in [1.807, 2.05) is 26.0 Å². The van der Waals surface area contributed by atoms with Crippen LogP contribution in [-0.4, -0.2) is 9.97 Å². The number of aromatic amines is 1. The Morgan fingerprint density at radius 3 is 2.25 bits per heavy atom. The molecule has 2 nitrogen and oxygen atoms in total. The molecule has 0 aliphatic rings. The minimum atomic E-state index is 0.358. The molecule has 1 heterocycles. The maximum atomic E-state index is 6.05. The van der Waals surface area contributed by atoms with E-state index in [1.54, 1.807) is 17.8 Å². The third-order valence-corrected chi connectivity index (χ3v) is 4.20. The van der Waals surface area contributed by atoms with Gasteiger partial charge in [0.1, 0.15) is 10.9 Å². The molecule has 1 N–H and O–H groups in total. The van der Waals surface area contributed by atoms with E-state index >= 15 is 0 Å². The standard InChI is InChI=1S/C15H17Cl2N2S/c1-8(2)13-15(19-14(18-13)9(3)4)20-12-6-10(16)5-11(17)7-12/h5-8H,1-4H3,(H,18,19). The predicted octanol–water partition coefficient (Wildman–Crippen LogP) is 5.95. The van der Waals surface area contributed by atoms with Crippen LogP contribution in [0.25, 0.3) is 0 Å². The van der Waals surface area contributed by atoms with E-state index in [0.29, 0.717) is 16.0 Å². The van der Waals surface area contributed by atoms with E-state index in [4.69, 9.17) is 23.2 Å². The third-order valence-electron chi connectivity index (χ3n) is 2.77. The highest BCUT2D eigenvalue weighted by molar-refractivity contribution is 7.99. The number of H-pyrrole nitrogens is 1. The van der Waals surface area contributed by atoms with Gasteiger partial charge in [0.25, 0.3) is 0 Å². The monoisotopic (exact) mass is 327 g/mol. The number of halogens is 2. The summed E-state index contributed by atoms with van der Waals surface area (Å²) >= 11 is 13.7. The van der Waals surface area contributed by atoms with Gasteiger partial charge in [-0.3, -0.25) is 0 Å². The molecule has 1 aromatic heterocycles. The zero-order valence-electron chi connectivity index (χ0n) is 11.9. The highest BCUT2D eigenvalue weighted by atomic mass is 35.5. The van der Waals surface area contributed by atoms with Crippen LogP contribution >= 0.6 is 35.0 Å². The third kappa shape index (κ3) is 3.72. The van der Waals surface area contributed by atoms with Crippen LogP contribution < -0.4 is 0 Å². The Morgan fingerprint density at radius 1 is 1.15 bits per heavy atom. The summed E-state index contributed by atoms with van der Waals surface area (Å²) in [6.45, 7) is 8.38. The molecule has 0 bridgehead atoms. The molecule has 0 saturated heterocycles. The first kappa shape index (κ1) is 15.7. The van der Waals surface area contributed by atoms with Gasteiger partial charge in [-0.15, -0.1) is 0 Å². The number of imidazole rings is 1. The van der Waals surface area contributed by atoms with E-state index in [9.17, 15) is 0 Å². The number of benzene rings is 1. The Balaban J connectivity index is 2.36. The van der Waals surface area contributed by atoms with Gasteiger partial charge < -0.3 is 4.98 Å². The van der Waals surface area contributed by atoms with Gasteiger partial charge in [-0.25, -0.2) is 4.98 Å². The fourth-order valence-electron chi connectivity index (χ4n) is 1.78. The summed E-state index contributed by atoms with van der Waals surface area (Å²) in [5, 5.41) is 2.34. The van der Waals surface area contributed by atoms with Crippen molar-refractivity contribution in [1.82, 2.24) is 9.97 Å². The van der Waals surface area contributed by atoms with Crippen molar-refractivity contribution in [1.29, 1.82) is 0 Å². The molecule has 2 rings (SSSR count). The fourth-order valence-corrected chi connectivity index (χ4v) is 3.58. The van der Waals surface area contributed by atoms with Crippen molar-refractivity contribution in [2.45, 2.75) is 43.5 Å². The first-order valence-electron chi connectivity index (χ1n) is 6.41. The molecule has 0 aliphatic carbocycles. The molecule has 20 heavy (non-hydrogen) atoms. The Morgan fingerprint density at radius 2 is 1.75 bits per heavy atom. The van der Waals surface area contributed by atoms with Crippen LogP contribution in [0.15, 0.2) is 28.1 Å². The summed E-state index contributed by atoms with van der Waals surface area (Å²) in [6.07, 6.45) is 0. The molecule has 0 aliphatic heterocycles. The largest absolute Gasteiger partial charge is 0.336 e. The summed E-state index contributed by atoms with van der Waals surface area (Å²) in [4.78, 5) is 9.06.